The summed E-state index contributed by atoms with van der Waals surface area (Å²) in [6.45, 7) is 1.40. The predicted molar refractivity (Wildman–Crippen MR) is 126 cm³/mol. The number of benzene rings is 1. The third-order valence-corrected chi connectivity index (χ3v) is 6.80. The molecule has 0 spiro atoms. The predicted octanol–water partition coefficient (Wildman–Crippen LogP) is 4.29. The zero-order valence-corrected chi connectivity index (χ0v) is 19.8. The summed E-state index contributed by atoms with van der Waals surface area (Å²) < 4.78 is 16.4. The Hall–Kier alpha value is -2.81. The van der Waals surface area contributed by atoms with E-state index in [1.54, 1.807) is 59.7 Å². The minimum absolute atomic E-state index is 0.0696. The van der Waals surface area contributed by atoms with Gasteiger partial charge in [-0.25, -0.2) is 0 Å². The van der Waals surface area contributed by atoms with Gasteiger partial charge >= 0.3 is 0 Å². The maximum atomic E-state index is 13.4. The van der Waals surface area contributed by atoms with Gasteiger partial charge in [0.15, 0.2) is 5.76 Å². The van der Waals surface area contributed by atoms with Crippen LogP contribution in [0, 0.1) is 0 Å². The summed E-state index contributed by atoms with van der Waals surface area (Å²) in [5.41, 5.74) is 1.09. The Morgan fingerprint density at radius 1 is 1.24 bits per heavy atom. The van der Waals surface area contributed by atoms with Gasteiger partial charge in [0.25, 0.3) is 5.91 Å². The van der Waals surface area contributed by atoms with Crippen LogP contribution in [0.25, 0.3) is 0 Å². The second-order valence-electron chi connectivity index (χ2n) is 7.61. The van der Waals surface area contributed by atoms with E-state index < -0.39 is 0 Å². The van der Waals surface area contributed by atoms with Crippen LogP contribution in [0.5, 0.6) is 5.75 Å². The van der Waals surface area contributed by atoms with E-state index in [0.717, 1.165) is 12.0 Å². The largest absolute Gasteiger partial charge is 0.491 e. The van der Waals surface area contributed by atoms with E-state index in [0.29, 0.717) is 30.5 Å². The first-order valence-electron chi connectivity index (χ1n) is 10.6. The third kappa shape index (κ3) is 5.58. The van der Waals surface area contributed by atoms with Gasteiger partial charge in [-0.15, -0.1) is 11.3 Å². The number of thiophene rings is 1. The molecule has 1 aliphatic rings. The Morgan fingerprint density at radius 3 is 2.79 bits per heavy atom. The highest BCUT2D eigenvalue weighted by molar-refractivity contribution is 7.10. The molecule has 0 radical (unpaired) electrons. The monoisotopic (exact) mass is 488 g/mol. The van der Waals surface area contributed by atoms with Crippen molar-refractivity contribution in [3.8, 4) is 5.75 Å². The summed E-state index contributed by atoms with van der Waals surface area (Å²) in [5.74, 6) is 0.393. The van der Waals surface area contributed by atoms with Gasteiger partial charge in [0.1, 0.15) is 18.9 Å². The first kappa shape index (κ1) is 23.4. The molecule has 1 aromatic carbocycles. The van der Waals surface area contributed by atoms with Crippen LogP contribution < -0.4 is 4.74 Å². The molecule has 3 aromatic rings. The van der Waals surface area contributed by atoms with Crippen molar-refractivity contribution in [1.29, 1.82) is 0 Å². The number of furan rings is 1. The molecule has 2 amide bonds. The van der Waals surface area contributed by atoms with Crippen LogP contribution in [0.2, 0.25) is 5.02 Å². The van der Waals surface area contributed by atoms with Crippen molar-refractivity contribution in [1.82, 2.24) is 9.80 Å². The van der Waals surface area contributed by atoms with E-state index in [-0.39, 0.29) is 36.7 Å². The molecule has 33 heavy (non-hydrogen) atoms. The lowest BCUT2D eigenvalue weighted by molar-refractivity contribution is -0.135. The van der Waals surface area contributed by atoms with Crippen LogP contribution in [-0.4, -0.2) is 61.6 Å². The van der Waals surface area contributed by atoms with Crippen molar-refractivity contribution in [3.63, 3.8) is 0 Å². The molecule has 0 fully saturated rings. The number of hydrogen-bond acceptors (Lipinski definition) is 6. The van der Waals surface area contributed by atoms with Gasteiger partial charge in [0, 0.05) is 30.1 Å². The molecule has 0 saturated heterocycles. The van der Waals surface area contributed by atoms with Gasteiger partial charge in [-0.1, -0.05) is 11.6 Å². The number of carbonyl (C=O) groups is 2. The van der Waals surface area contributed by atoms with Crippen LogP contribution in [0.4, 0.5) is 0 Å². The van der Waals surface area contributed by atoms with Gasteiger partial charge in [-0.3, -0.25) is 9.59 Å². The fourth-order valence-corrected chi connectivity index (χ4v) is 4.90. The number of rotatable bonds is 9. The molecule has 9 heteroatoms. The number of methoxy groups -OCH3 is 1. The summed E-state index contributed by atoms with van der Waals surface area (Å²) in [6.07, 6.45) is 2.22. The van der Waals surface area contributed by atoms with Crippen LogP contribution in [0.15, 0.2) is 58.5 Å². The average Bonchev–Trinajstić information content (AvgIpc) is 3.53. The lowest BCUT2D eigenvalue weighted by Crippen LogP contribution is -2.48. The fourth-order valence-electron chi connectivity index (χ4n) is 3.84. The highest BCUT2D eigenvalue weighted by Gasteiger charge is 2.34. The number of hydrogen-bond donors (Lipinski definition) is 0. The van der Waals surface area contributed by atoms with Crippen molar-refractivity contribution in [3.05, 3.63) is 75.3 Å². The smallest absolute Gasteiger partial charge is 0.290 e. The van der Waals surface area contributed by atoms with E-state index in [1.807, 2.05) is 11.4 Å². The summed E-state index contributed by atoms with van der Waals surface area (Å²) in [4.78, 5) is 30.8. The van der Waals surface area contributed by atoms with E-state index in [2.05, 4.69) is 0 Å². The Kier molecular flexibility index (Phi) is 7.69. The number of amides is 2. The summed E-state index contributed by atoms with van der Waals surface area (Å²) in [5, 5.41) is 2.67. The SMILES string of the molecule is COCCN(CC(=O)N1CCc2sccc2[C@H]1COc1ccc(Cl)cc1)C(=O)c1ccco1. The van der Waals surface area contributed by atoms with E-state index in [9.17, 15) is 9.59 Å². The lowest BCUT2D eigenvalue weighted by Gasteiger charge is -2.37. The molecule has 3 heterocycles. The average molecular weight is 489 g/mol. The molecule has 0 aliphatic carbocycles. The molecule has 2 aromatic heterocycles. The van der Waals surface area contributed by atoms with Crippen molar-refractivity contribution >= 4 is 34.8 Å². The zero-order chi connectivity index (χ0) is 23.2. The van der Waals surface area contributed by atoms with Gasteiger partial charge < -0.3 is 23.7 Å². The van der Waals surface area contributed by atoms with Crippen LogP contribution in [0.3, 0.4) is 0 Å². The Bertz CT molecular complexity index is 1070. The van der Waals surface area contributed by atoms with Crippen molar-refractivity contribution in [2.75, 3.05) is 40.0 Å². The first-order valence-corrected chi connectivity index (χ1v) is 11.9. The van der Waals surface area contributed by atoms with Crippen LogP contribution in [-0.2, 0) is 16.0 Å². The highest BCUT2D eigenvalue weighted by Crippen LogP contribution is 2.34. The maximum Gasteiger partial charge on any atom is 0.290 e. The molecule has 0 saturated carbocycles. The number of ether oxygens (including phenoxy) is 2. The molecule has 1 atom stereocenters. The lowest BCUT2D eigenvalue weighted by atomic mass is 10.0. The number of carbonyl (C=O) groups excluding carboxylic acids is 2. The number of nitrogens with zero attached hydrogens (tertiary/aromatic N) is 2. The molecule has 4 rings (SSSR count). The molecule has 0 N–H and O–H groups in total. The molecule has 174 valence electrons. The molecule has 0 bridgehead atoms. The summed E-state index contributed by atoms with van der Waals surface area (Å²) >= 11 is 7.66. The van der Waals surface area contributed by atoms with Crippen molar-refractivity contribution in [2.45, 2.75) is 12.5 Å². The molecular weight excluding hydrogens is 464 g/mol. The normalized spacial score (nSPS) is 15.2. The second-order valence-corrected chi connectivity index (χ2v) is 9.05. The molecular formula is C24H25ClN2O5S. The minimum Gasteiger partial charge on any atom is -0.491 e. The van der Waals surface area contributed by atoms with Crippen LogP contribution in [0.1, 0.15) is 27.0 Å². The zero-order valence-electron chi connectivity index (χ0n) is 18.2. The van der Waals surface area contributed by atoms with Gasteiger partial charge in [-0.2, -0.15) is 0 Å². The third-order valence-electron chi connectivity index (χ3n) is 5.55. The van der Waals surface area contributed by atoms with E-state index in [1.165, 1.54) is 16.0 Å². The minimum atomic E-state index is -0.340. The Balaban J connectivity index is 1.50. The maximum absolute atomic E-state index is 13.4. The Morgan fingerprint density at radius 2 is 2.06 bits per heavy atom. The van der Waals surface area contributed by atoms with Crippen LogP contribution >= 0.6 is 22.9 Å². The van der Waals surface area contributed by atoms with Crippen molar-refractivity contribution < 1.29 is 23.5 Å². The standard InChI is InChI=1S/C24H25ClN2O5S/c1-30-13-11-26(24(29)21-3-2-12-31-21)15-23(28)27-10-8-22-19(9-14-33-22)20(27)16-32-18-6-4-17(25)5-7-18/h2-7,9,12,14,20H,8,10-11,13,15-16H2,1H3/t20-/m1/s1. The summed E-state index contributed by atoms with van der Waals surface area (Å²) in [7, 11) is 1.56. The molecule has 1 aliphatic heterocycles. The number of fused-ring (bicyclic) bond motifs is 1. The van der Waals surface area contributed by atoms with Gasteiger partial charge in [-0.05, 0) is 59.8 Å². The summed E-state index contributed by atoms with van der Waals surface area (Å²) in [6, 6.07) is 12.2. The Labute approximate surface area is 201 Å². The molecule has 0 unspecified atom stereocenters. The second kappa shape index (κ2) is 10.9. The topological polar surface area (TPSA) is 72.2 Å². The van der Waals surface area contributed by atoms with Crippen molar-refractivity contribution in [2.24, 2.45) is 0 Å². The fraction of sp³-hybridized carbons (Fsp3) is 0.333. The van der Waals surface area contributed by atoms with Gasteiger partial charge in [0.05, 0.1) is 18.9 Å². The first-order chi connectivity index (χ1) is 16.1. The highest BCUT2D eigenvalue weighted by atomic mass is 35.5. The van der Waals surface area contributed by atoms with E-state index in [4.69, 9.17) is 25.5 Å². The van der Waals surface area contributed by atoms with Gasteiger partial charge in [0.2, 0.25) is 5.91 Å². The number of halogens is 1. The quantitative estimate of drug-likeness (QED) is 0.449. The van der Waals surface area contributed by atoms with E-state index >= 15 is 0 Å². The molecule has 7 nitrogen and oxygen atoms in total.